The smallest absolute Gasteiger partial charge is 0.234 e. The fourth-order valence-electron chi connectivity index (χ4n) is 1.87. The molecule has 2 N–H and O–H groups in total. The molecule has 0 radical (unpaired) electrons. The summed E-state index contributed by atoms with van der Waals surface area (Å²) in [6.45, 7) is 7.36. The van der Waals surface area contributed by atoms with Gasteiger partial charge in [-0.15, -0.1) is 0 Å². The molecule has 0 saturated carbocycles. The lowest BCUT2D eigenvalue weighted by Crippen LogP contribution is -2.49. The summed E-state index contributed by atoms with van der Waals surface area (Å²) in [6.07, 6.45) is 2.01. The Labute approximate surface area is 73.9 Å². The van der Waals surface area contributed by atoms with Crippen LogP contribution in [-0.4, -0.2) is 28.9 Å². The number of rotatable bonds is 1. The van der Waals surface area contributed by atoms with Gasteiger partial charge in [0.25, 0.3) is 0 Å². The van der Waals surface area contributed by atoms with Crippen molar-refractivity contribution in [3.63, 3.8) is 0 Å². The van der Waals surface area contributed by atoms with Crippen molar-refractivity contribution in [3.05, 3.63) is 0 Å². The number of nitrogens with two attached hydrogens (primary N) is 1. The molecule has 0 aliphatic carbocycles. The van der Waals surface area contributed by atoms with Gasteiger partial charge in [0, 0.05) is 5.54 Å². The van der Waals surface area contributed by atoms with Crippen molar-refractivity contribution in [1.29, 1.82) is 0 Å². The predicted molar refractivity (Wildman–Crippen MR) is 48.7 cm³/mol. The molecule has 3 heteroatoms. The number of carbonyl (C=O) groups excluding carboxylic acids is 1. The van der Waals surface area contributed by atoms with Crippen LogP contribution in [0, 0.1) is 0 Å². The fraction of sp³-hybridized carbons (Fsp3) is 0.889. The maximum atomic E-state index is 11.0. The third kappa shape index (κ3) is 1.78. The lowest BCUT2D eigenvalue weighted by atomic mass is 10.0. The number of carbonyl (C=O) groups is 1. The van der Waals surface area contributed by atoms with Gasteiger partial charge in [-0.05, 0) is 40.2 Å². The van der Waals surface area contributed by atoms with E-state index in [2.05, 4.69) is 25.7 Å². The van der Waals surface area contributed by atoms with Crippen molar-refractivity contribution >= 4 is 5.91 Å². The lowest BCUT2D eigenvalue weighted by Gasteiger charge is -2.35. The van der Waals surface area contributed by atoms with Gasteiger partial charge in [-0.25, -0.2) is 0 Å². The van der Waals surface area contributed by atoms with Crippen molar-refractivity contribution in [3.8, 4) is 0 Å². The topological polar surface area (TPSA) is 46.3 Å². The molecule has 1 heterocycles. The summed E-state index contributed by atoms with van der Waals surface area (Å²) in [7, 11) is 0. The SMILES string of the molecule is CC(C)(C)N1CCC[C@@H]1C(N)=O. The summed E-state index contributed by atoms with van der Waals surface area (Å²) in [5.74, 6) is -0.178. The maximum absolute atomic E-state index is 11.0. The summed E-state index contributed by atoms with van der Waals surface area (Å²) >= 11 is 0. The van der Waals surface area contributed by atoms with Gasteiger partial charge in [0.15, 0.2) is 0 Å². The van der Waals surface area contributed by atoms with Crippen LogP contribution in [0.4, 0.5) is 0 Å². The van der Waals surface area contributed by atoms with Gasteiger partial charge in [-0.3, -0.25) is 9.69 Å². The van der Waals surface area contributed by atoms with E-state index >= 15 is 0 Å². The Morgan fingerprint density at radius 2 is 2.08 bits per heavy atom. The van der Waals surface area contributed by atoms with Gasteiger partial charge in [0.2, 0.25) is 5.91 Å². The zero-order chi connectivity index (χ0) is 9.35. The molecular weight excluding hydrogens is 152 g/mol. The number of primary amides is 1. The highest BCUT2D eigenvalue weighted by atomic mass is 16.1. The molecule has 3 nitrogen and oxygen atoms in total. The zero-order valence-corrected chi connectivity index (χ0v) is 8.13. The monoisotopic (exact) mass is 170 g/mol. The van der Waals surface area contributed by atoms with E-state index in [0.29, 0.717) is 0 Å². The van der Waals surface area contributed by atoms with E-state index in [1.54, 1.807) is 0 Å². The molecule has 0 unspecified atom stereocenters. The Balaban J connectivity index is 2.71. The molecule has 0 spiro atoms. The first-order chi connectivity index (χ1) is 5.43. The van der Waals surface area contributed by atoms with Crippen LogP contribution in [0.5, 0.6) is 0 Å². The van der Waals surface area contributed by atoms with Crippen LogP contribution in [0.15, 0.2) is 0 Å². The molecule has 0 aromatic heterocycles. The number of hydrogen-bond donors (Lipinski definition) is 1. The van der Waals surface area contributed by atoms with E-state index in [1.807, 2.05) is 0 Å². The summed E-state index contributed by atoms with van der Waals surface area (Å²) in [6, 6.07) is -0.0370. The van der Waals surface area contributed by atoms with E-state index < -0.39 is 0 Å². The summed E-state index contributed by atoms with van der Waals surface area (Å²) in [5.41, 5.74) is 5.37. The second-order valence-electron chi connectivity index (χ2n) is 4.42. The van der Waals surface area contributed by atoms with Gasteiger partial charge in [-0.2, -0.15) is 0 Å². The van der Waals surface area contributed by atoms with Crippen molar-refractivity contribution in [2.24, 2.45) is 5.73 Å². The maximum Gasteiger partial charge on any atom is 0.234 e. The molecule has 1 aliphatic rings. The Bertz CT molecular complexity index is 183. The molecule has 1 aliphatic heterocycles. The molecule has 12 heavy (non-hydrogen) atoms. The lowest BCUT2D eigenvalue weighted by molar-refractivity contribution is -0.123. The van der Waals surface area contributed by atoms with Gasteiger partial charge in [-0.1, -0.05) is 0 Å². The van der Waals surface area contributed by atoms with Crippen LogP contribution >= 0.6 is 0 Å². The van der Waals surface area contributed by atoms with Crippen LogP contribution in [0.3, 0.4) is 0 Å². The van der Waals surface area contributed by atoms with Crippen LogP contribution in [-0.2, 0) is 4.79 Å². The van der Waals surface area contributed by atoms with Gasteiger partial charge in [0.05, 0.1) is 6.04 Å². The zero-order valence-electron chi connectivity index (χ0n) is 8.13. The highest BCUT2D eigenvalue weighted by Crippen LogP contribution is 2.25. The second kappa shape index (κ2) is 3.05. The molecule has 0 aromatic rings. The summed E-state index contributed by atoms with van der Waals surface area (Å²) < 4.78 is 0. The van der Waals surface area contributed by atoms with E-state index in [9.17, 15) is 4.79 Å². The molecule has 1 saturated heterocycles. The number of nitrogens with zero attached hydrogens (tertiary/aromatic N) is 1. The first-order valence-electron chi connectivity index (χ1n) is 4.49. The molecule has 0 aromatic carbocycles. The van der Waals surface area contributed by atoms with Crippen LogP contribution < -0.4 is 5.73 Å². The third-order valence-corrected chi connectivity index (χ3v) is 2.44. The number of amides is 1. The normalized spacial score (nSPS) is 26.1. The van der Waals surface area contributed by atoms with Gasteiger partial charge >= 0.3 is 0 Å². The molecule has 0 bridgehead atoms. The average Bonchev–Trinajstić information content (AvgIpc) is 2.30. The van der Waals surface area contributed by atoms with Crippen molar-refractivity contribution < 1.29 is 4.79 Å². The molecule has 1 atom stereocenters. The van der Waals surface area contributed by atoms with Gasteiger partial charge in [0.1, 0.15) is 0 Å². The van der Waals surface area contributed by atoms with E-state index in [-0.39, 0.29) is 17.5 Å². The van der Waals surface area contributed by atoms with Crippen molar-refractivity contribution in [2.45, 2.75) is 45.2 Å². The van der Waals surface area contributed by atoms with Crippen molar-refractivity contribution in [1.82, 2.24) is 4.90 Å². The first-order valence-corrected chi connectivity index (χ1v) is 4.49. The molecule has 1 amide bonds. The van der Waals surface area contributed by atoms with Crippen LogP contribution in [0.1, 0.15) is 33.6 Å². The molecule has 1 fully saturated rings. The minimum atomic E-state index is -0.178. The van der Waals surface area contributed by atoms with E-state index in [0.717, 1.165) is 19.4 Å². The molecule has 1 rings (SSSR count). The minimum absolute atomic E-state index is 0.0370. The third-order valence-electron chi connectivity index (χ3n) is 2.44. The second-order valence-corrected chi connectivity index (χ2v) is 4.42. The number of likely N-dealkylation sites (tertiary alicyclic amines) is 1. The minimum Gasteiger partial charge on any atom is -0.368 e. The summed E-state index contributed by atoms with van der Waals surface area (Å²) in [5, 5.41) is 0. The Hall–Kier alpha value is -0.570. The Morgan fingerprint density at radius 3 is 2.42 bits per heavy atom. The van der Waals surface area contributed by atoms with Crippen LogP contribution in [0.25, 0.3) is 0 Å². The van der Waals surface area contributed by atoms with E-state index in [1.165, 1.54) is 0 Å². The van der Waals surface area contributed by atoms with Crippen molar-refractivity contribution in [2.75, 3.05) is 6.54 Å². The largest absolute Gasteiger partial charge is 0.368 e. The fourth-order valence-corrected chi connectivity index (χ4v) is 1.87. The first kappa shape index (κ1) is 9.52. The van der Waals surface area contributed by atoms with E-state index in [4.69, 9.17) is 5.73 Å². The molecular formula is C9H18N2O. The molecule has 70 valence electrons. The van der Waals surface area contributed by atoms with Gasteiger partial charge < -0.3 is 5.73 Å². The summed E-state index contributed by atoms with van der Waals surface area (Å²) in [4.78, 5) is 13.2. The highest BCUT2D eigenvalue weighted by Gasteiger charge is 2.35. The standard InChI is InChI=1S/C9H18N2O/c1-9(2,3)11-6-4-5-7(11)8(10)12/h7H,4-6H2,1-3H3,(H2,10,12)/t7-/m1/s1. The average molecular weight is 170 g/mol. The quantitative estimate of drug-likeness (QED) is 0.630. The predicted octanol–water partition coefficient (Wildman–Crippen LogP) is 0.735. The Kier molecular flexibility index (Phi) is 2.42. The number of hydrogen-bond acceptors (Lipinski definition) is 2. The Morgan fingerprint density at radius 1 is 1.50 bits per heavy atom. The highest BCUT2D eigenvalue weighted by molar-refractivity contribution is 5.80. The van der Waals surface area contributed by atoms with Crippen LogP contribution in [0.2, 0.25) is 0 Å².